The van der Waals surface area contributed by atoms with Crippen molar-refractivity contribution >= 4 is 11.9 Å². The first-order chi connectivity index (χ1) is 10.3. The minimum atomic E-state index is -0.429. The highest BCUT2D eigenvalue weighted by Gasteiger charge is 2.50. The maximum absolute atomic E-state index is 11.7. The van der Waals surface area contributed by atoms with Crippen molar-refractivity contribution in [3.8, 4) is 0 Å². The molecule has 2 aliphatic rings. The summed E-state index contributed by atoms with van der Waals surface area (Å²) in [5, 5.41) is 0. The van der Waals surface area contributed by atoms with Crippen molar-refractivity contribution < 1.29 is 19.1 Å². The third-order valence-corrected chi connectivity index (χ3v) is 5.07. The molecule has 0 spiro atoms. The Morgan fingerprint density at radius 3 is 2.00 bits per heavy atom. The number of rotatable bonds is 5. The van der Waals surface area contributed by atoms with Gasteiger partial charge < -0.3 is 9.47 Å². The van der Waals surface area contributed by atoms with E-state index in [9.17, 15) is 9.59 Å². The standard InChI is InChI=1S/C18H26O4/c1-5-15(19)21-17(4)9-13-8-14(10-17)12-18(7-3,11-13)22-16(20)6-2/h5-6,13-14H,1-2,7-12H2,3-4H3. The van der Waals surface area contributed by atoms with Crippen molar-refractivity contribution in [2.45, 2.75) is 63.6 Å². The highest BCUT2D eigenvalue weighted by Crippen LogP contribution is 2.51. The van der Waals surface area contributed by atoms with E-state index in [2.05, 4.69) is 20.1 Å². The van der Waals surface area contributed by atoms with Gasteiger partial charge >= 0.3 is 11.9 Å². The van der Waals surface area contributed by atoms with Crippen LogP contribution < -0.4 is 0 Å². The summed E-state index contributed by atoms with van der Waals surface area (Å²) < 4.78 is 11.3. The summed E-state index contributed by atoms with van der Waals surface area (Å²) >= 11 is 0. The van der Waals surface area contributed by atoms with E-state index >= 15 is 0 Å². The molecule has 0 N–H and O–H groups in total. The summed E-state index contributed by atoms with van der Waals surface area (Å²) in [5.41, 5.74) is -0.816. The Hall–Kier alpha value is -1.58. The van der Waals surface area contributed by atoms with Crippen molar-refractivity contribution in [1.29, 1.82) is 0 Å². The first-order valence-electron chi connectivity index (χ1n) is 8.04. The number of hydrogen-bond donors (Lipinski definition) is 0. The van der Waals surface area contributed by atoms with Gasteiger partial charge in [-0.1, -0.05) is 20.1 Å². The van der Waals surface area contributed by atoms with Crippen LogP contribution in [-0.2, 0) is 19.1 Å². The van der Waals surface area contributed by atoms with Crippen molar-refractivity contribution in [3.63, 3.8) is 0 Å². The van der Waals surface area contributed by atoms with Crippen LogP contribution in [0.15, 0.2) is 25.3 Å². The van der Waals surface area contributed by atoms with Crippen molar-refractivity contribution in [1.82, 2.24) is 0 Å². The minimum Gasteiger partial charge on any atom is -0.456 e. The van der Waals surface area contributed by atoms with Gasteiger partial charge in [-0.3, -0.25) is 0 Å². The fraction of sp³-hybridized carbons (Fsp3) is 0.667. The largest absolute Gasteiger partial charge is 0.456 e. The smallest absolute Gasteiger partial charge is 0.330 e. The SMILES string of the molecule is C=CC(=O)OC1(C)CC2CC(C1)CC(CC)(OC(=O)C=C)C2. The summed E-state index contributed by atoms with van der Waals surface area (Å²) in [6.07, 6.45) is 7.68. The van der Waals surface area contributed by atoms with E-state index in [0.29, 0.717) is 11.8 Å². The summed E-state index contributed by atoms with van der Waals surface area (Å²) in [6.45, 7) is 11.0. The van der Waals surface area contributed by atoms with Crippen LogP contribution in [0.3, 0.4) is 0 Å². The van der Waals surface area contributed by atoms with Crippen LogP contribution in [0.2, 0.25) is 0 Å². The second-order valence-electron chi connectivity index (χ2n) is 7.02. The molecule has 122 valence electrons. The molecule has 0 saturated heterocycles. The number of ether oxygens (including phenoxy) is 2. The number of esters is 2. The molecule has 2 unspecified atom stereocenters. The highest BCUT2D eigenvalue weighted by atomic mass is 16.6. The van der Waals surface area contributed by atoms with E-state index in [0.717, 1.165) is 38.5 Å². The zero-order valence-corrected chi connectivity index (χ0v) is 13.6. The average molecular weight is 306 g/mol. The predicted octanol–water partition coefficient (Wildman–Crippen LogP) is 3.56. The van der Waals surface area contributed by atoms with E-state index in [1.807, 2.05) is 6.92 Å². The van der Waals surface area contributed by atoms with Gasteiger partial charge in [0.05, 0.1) is 0 Å². The van der Waals surface area contributed by atoms with Gasteiger partial charge in [0.1, 0.15) is 11.2 Å². The summed E-state index contributed by atoms with van der Waals surface area (Å²) in [4.78, 5) is 23.2. The number of fused-ring (bicyclic) bond motifs is 2. The second kappa shape index (κ2) is 6.27. The Kier molecular flexibility index (Phi) is 4.78. The minimum absolute atomic E-state index is 0.345. The van der Waals surface area contributed by atoms with Crippen molar-refractivity contribution in [2.24, 2.45) is 11.8 Å². The third-order valence-electron chi connectivity index (χ3n) is 5.07. The lowest BCUT2D eigenvalue weighted by atomic mass is 9.61. The van der Waals surface area contributed by atoms with Crippen LogP contribution in [0, 0.1) is 11.8 Å². The topological polar surface area (TPSA) is 52.6 Å². The maximum atomic E-state index is 11.7. The molecule has 2 saturated carbocycles. The van der Waals surface area contributed by atoms with Crippen molar-refractivity contribution in [3.05, 3.63) is 25.3 Å². The van der Waals surface area contributed by atoms with E-state index < -0.39 is 5.60 Å². The molecule has 4 nitrogen and oxygen atoms in total. The maximum Gasteiger partial charge on any atom is 0.330 e. The van der Waals surface area contributed by atoms with E-state index in [4.69, 9.17) is 9.47 Å². The van der Waals surface area contributed by atoms with Crippen LogP contribution in [0.4, 0.5) is 0 Å². The van der Waals surface area contributed by atoms with Crippen LogP contribution in [0.5, 0.6) is 0 Å². The van der Waals surface area contributed by atoms with Gasteiger partial charge in [0.25, 0.3) is 0 Å². The summed E-state index contributed by atoms with van der Waals surface area (Å²) in [7, 11) is 0. The van der Waals surface area contributed by atoms with Crippen LogP contribution in [-0.4, -0.2) is 23.1 Å². The van der Waals surface area contributed by atoms with E-state index in [1.165, 1.54) is 12.2 Å². The second-order valence-corrected chi connectivity index (χ2v) is 7.02. The molecule has 2 bridgehead atoms. The van der Waals surface area contributed by atoms with Gasteiger partial charge in [0.15, 0.2) is 0 Å². The molecule has 0 aromatic carbocycles. The predicted molar refractivity (Wildman–Crippen MR) is 84.1 cm³/mol. The fourth-order valence-electron chi connectivity index (χ4n) is 4.46. The Bertz CT molecular complexity index is 465. The summed E-state index contributed by atoms with van der Waals surface area (Å²) in [6, 6.07) is 0. The zero-order chi connectivity index (χ0) is 16.4. The molecule has 2 aliphatic carbocycles. The lowest BCUT2D eigenvalue weighted by molar-refractivity contribution is -0.177. The molecule has 0 aromatic heterocycles. The van der Waals surface area contributed by atoms with E-state index in [1.54, 1.807) is 0 Å². The molecule has 22 heavy (non-hydrogen) atoms. The molecule has 0 radical (unpaired) electrons. The van der Waals surface area contributed by atoms with Gasteiger partial charge in [-0.25, -0.2) is 9.59 Å². The zero-order valence-electron chi connectivity index (χ0n) is 13.6. The highest BCUT2D eigenvalue weighted by molar-refractivity contribution is 5.82. The Balaban J connectivity index is 2.10. The van der Waals surface area contributed by atoms with Gasteiger partial charge in [0.2, 0.25) is 0 Å². The Labute approximate surface area is 132 Å². The van der Waals surface area contributed by atoms with Crippen LogP contribution in [0.25, 0.3) is 0 Å². The first kappa shape index (κ1) is 16.8. The van der Waals surface area contributed by atoms with Gasteiger partial charge in [-0.2, -0.15) is 0 Å². The van der Waals surface area contributed by atoms with Crippen LogP contribution >= 0.6 is 0 Å². The van der Waals surface area contributed by atoms with E-state index in [-0.39, 0.29) is 17.5 Å². The third kappa shape index (κ3) is 3.60. The Morgan fingerprint density at radius 1 is 1.05 bits per heavy atom. The molecule has 0 amide bonds. The Morgan fingerprint density at radius 2 is 1.55 bits per heavy atom. The lowest BCUT2D eigenvalue weighted by Crippen LogP contribution is -2.50. The monoisotopic (exact) mass is 306 g/mol. The number of hydrogen-bond acceptors (Lipinski definition) is 4. The van der Waals surface area contributed by atoms with Gasteiger partial charge in [-0.15, -0.1) is 0 Å². The van der Waals surface area contributed by atoms with Gasteiger partial charge in [0, 0.05) is 12.2 Å². The quantitative estimate of drug-likeness (QED) is 0.575. The molecule has 4 heteroatoms. The first-order valence-corrected chi connectivity index (χ1v) is 8.04. The normalized spacial score (nSPS) is 37.0. The molecule has 0 aliphatic heterocycles. The lowest BCUT2D eigenvalue weighted by Gasteiger charge is -2.51. The average Bonchev–Trinajstić information content (AvgIpc) is 2.45. The molecule has 0 heterocycles. The van der Waals surface area contributed by atoms with Crippen LogP contribution in [0.1, 0.15) is 52.4 Å². The molecule has 2 atom stereocenters. The summed E-state index contributed by atoms with van der Waals surface area (Å²) in [5.74, 6) is 0.116. The molecule has 2 fully saturated rings. The molecular formula is C18H26O4. The fourth-order valence-corrected chi connectivity index (χ4v) is 4.46. The molecule has 0 aromatic rings. The molecular weight excluding hydrogens is 280 g/mol. The molecule has 2 rings (SSSR count). The number of carbonyl (C=O) groups is 2. The van der Waals surface area contributed by atoms with Gasteiger partial charge in [-0.05, 0) is 57.3 Å². The number of carbonyl (C=O) groups excluding carboxylic acids is 2. The van der Waals surface area contributed by atoms with Crippen molar-refractivity contribution in [2.75, 3.05) is 0 Å².